The molecule has 0 aliphatic carbocycles. The Balaban J connectivity index is 1.98. The van der Waals surface area contributed by atoms with Gasteiger partial charge < -0.3 is 14.9 Å². The summed E-state index contributed by atoms with van der Waals surface area (Å²) >= 11 is 0. The molecule has 3 N–H and O–H groups in total. The van der Waals surface area contributed by atoms with Gasteiger partial charge in [0.1, 0.15) is 17.2 Å². The van der Waals surface area contributed by atoms with Gasteiger partial charge in [-0.05, 0) is 48.9 Å². The first-order valence-electron chi connectivity index (χ1n) is 6.68. The standard InChI is InChI=1S/C16H16N2O4/c1-2-22-13-6-3-11(4-7-13)10-17-18-16(21)14-8-5-12(19)9-15(14)20/h3-10,19-20H,2H2,1H3,(H,18,21)/b17-10-. The molecule has 114 valence electrons. The fraction of sp³-hybridized carbons (Fsp3) is 0.125. The normalized spacial score (nSPS) is 10.6. The lowest BCUT2D eigenvalue weighted by Gasteiger charge is -2.04. The molecule has 0 bridgehead atoms. The molecule has 0 heterocycles. The molecule has 0 atom stereocenters. The third-order valence-corrected chi connectivity index (χ3v) is 2.80. The minimum Gasteiger partial charge on any atom is -0.508 e. The van der Waals surface area contributed by atoms with Gasteiger partial charge in [0.2, 0.25) is 0 Å². The van der Waals surface area contributed by atoms with Gasteiger partial charge in [-0.15, -0.1) is 0 Å². The van der Waals surface area contributed by atoms with E-state index in [1.54, 1.807) is 24.3 Å². The van der Waals surface area contributed by atoms with Gasteiger partial charge in [-0.3, -0.25) is 4.79 Å². The maximum atomic E-state index is 11.8. The SMILES string of the molecule is CCOc1ccc(/C=N\NC(=O)c2ccc(O)cc2O)cc1. The van der Waals surface area contributed by atoms with Gasteiger partial charge in [-0.1, -0.05) is 0 Å². The van der Waals surface area contributed by atoms with Crippen LogP contribution in [-0.4, -0.2) is 28.9 Å². The highest BCUT2D eigenvalue weighted by molar-refractivity contribution is 5.97. The van der Waals surface area contributed by atoms with Crippen LogP contribution < -0.4 is 10.2 Å². The number of hydrazone groups is 1. The summed E-state index contributed by atoms with van der Waals surface area (Å²) in [5, 5.41) is 22.6. The highest BCUT2D eigenvalue weighted by Crippen LogP contribution is 2.22. The lowest BCUT2D eigenvalue weighted by atomic mass is 10.2. The van der Waals surface area contributed by atoms with Gasteiger partial charge in [0, 0.05) is 6.07 Å². The van der Waals surface area contributed by atoms with Crippen LogP contribution in [0.2, 0.25) is 0 Å². The molecular formula is C16H16N2O4. The monoisotopic (exact) mass is 300 g/mol. The Morgan fingerprint density at radius 2 is 1.95 bits per heavy atom. The molecule has 6 nitrogen and oxygen atoms in total. The predicted octanol–water partition coefficient (Wildman–Crippen LogP) is 2.26. The molecule has 0 unspecified atom stereocenters. The number of carbonyl (C=O) groups excluding carboxylic acids is 1. The summed E-state index contributed by atoms with van der Waals surface area (Å²) in [5.41, 5.74) is 3.12. The molecule has 0 radical (unpaired) electrons. The van der Waals surface area contributed by atoms with Gasteiger partial charge in [0.05, 0.1) is 18.4 Å². The molecule has 0 saturated heterocycles. The Morgan fingerprint density at radius 3 is 2.59 bits per heavy atom. The van der Waals surface area contributed by atoms with Crippen molar-refractivity contribution in [2.45, 2.75) is 6.92 Å². The zero-order valence-corrected chi connectivity index (χ0v) is 12.0. The van der Waals surface area contributed by atoms with E-state index in [1.165, 1.54) is 18.3 Å². The van der Waals surface area contributed by atoms with E-state index in [-0.39, 0.29) is 17.1 Å². The highest BCUT2D eigenvalue weighted by atomic mass is 16.5. The minimum atomic E-state index is -0.570. The van der Waals surface area contributed by atoms with Crippen molar-refractivity contribution in [1.82, 2.24) is 5.43 Å². The molecular weight excluding hydrogens is 284 g/mol. The zero-order chi connectivity index (χ0) is 15.9. The molecule has 2 aromatic carbocycles. The first-order chi connectivity index (χ1) is 10.6. The van der Waals surface area contributed by atoms with Crippen LogP contribution in [0.4, 0.5) is 0 Å². The van der Waals surface area contributed by atoms with Crippen molar-refractivity contribution in [2.24, 2.45) is 5.10 Å². The smallest absolute Gasteiger partial charge is 0.275 e. The number of rotatable bonds is 5. The molecule has 2 rings (SSSR count). The zero-order valence-electron chi connectivity index (χ0n) is 12.0. The fourth-order valence-electron chi connectivity index (χ4n) is 1.75. The molecule has 6 heteroatoms. The van der Waals surface area contributed by atoms with Crippen LogP contribution in [0.5, 0.6) is 17.2 Å². The summed E-state index contributed by atoms with van der Waals surface area (Å²) in [6, 6.07) is 10.9. The van der Waals surface area contributed by atoms with Crippen molar-refractivity contribution in [3.05, 3.63) is 53.6 Å². The van der Waals surface area contributed by atoms with E-state index >= 15 is 0 Å². The number of nitrogens with zero attached hydrogens (tertiary/aromatic N) is 1. The lowest BCUT2D eigenvalue weighted by molar-refractivity contribution is 0.0952. The fourth-order valence-corrected chi connectivity index (χ4v) is 1.75. The quantitative estimate of drug-likeness (QED) is 0.583. The number of carbonyl (C=O) groups is 1. The van der Waals surface area contributed by atoms with E-state index < -0.39 is 5.91 Å². The van der Waals surface area contributed by atoms with Crippen LogP contribution in [0.1, 0.15) is 22.8 Å². The summed E-state index contributed by atoms with van der Waals surface area (Å²) in [4.78, 5) is 11.8. The minimum absolute atomic E-state index is 0.0293. The number of phenolic OH excluding ortho intramolecular Hbond substituents is 2. The molecule has 0 aliphatic rings. The molecule has 0 aromatic heterocycles. The van der Waals surface area contributed by atoms with E-state index in [1.807, 2.05) is 6.92 Å². The van der Waals surface area contributed by atoms with E-state index in [2.05, 4.69) is 10.5 Å². The van der Waals surface area contributed by atoms with Gasteiger partial charge >= 0.3 is 0 Å². The van der Waals surface area contributed by atoms with E-state index in [0.717, 1.165) is 17.4 Å². The van der Waals surface area contributed by atoms with Crippen molar-refractivity contribution in [1.29, 1.82) is 0 Å². The second-order valence-corrected chi connectivity index (χ2v) is 4.40. The molecule has 2 aromatic rings. The largest absolute Gasteiger partial charge is 0.508 e. The third kappa shape index (κ3) is 3.99. The second-order valence-electron chi connectivity index (χ2n) is 4.40. The van der Waals surface area contributed by atoms with Crippen LogP contribution >= 0.6 is 0 Å². The Hall–Kier alpha value is -3.02. The molecule has 1 amide bonds. The Morgan fingerprint density at radius 1 is 1.23 bits per heavy atom. The first-order valence-corrected chi connectivity index (χ1v) is 6.68. The van der Waals surface area contributed by atoms with E-state index in [9.17, 15) is 15.0 Å². The van der Waals surface area contributed by atoms with Gasteiger partial charge in [-0.2, -0.15) is 5.10 Å². The van der Waals surface area contributed by atoms with E-state index in [0.29, 0.717) is 6.61 Å². The van der Waals surface area contributed by atoms with Crippen molar-refractivity contribution in [3.8, 4) is 17.2 Å². The number of hydrogen-bond donors (Lipinski definition) is 3. The molecule has 22 heavy (non-hydrogen) atoms. The number of ether oxygens (including phenoxy) is 1. The summed E-state index contributed by atoms with van der Waals surface area (Å²) < 4.78 is 5.32. The number of hydrogen-bond acceptors (Lipinski definition) is 5. The summed E-state index contributed by atoms with van der Waals surface area (Å²) in [7, 11) is 0. The average Bonchev–Trinajstić information content (AvgIpc) is 2.49. The van der Waals surface area contributed by atoms with Crippen LogP contribution in [0.3, 0.4) is 0 Å². The Bertz CT molecular complexity index is 681. The van der Waals surface area contributed by atoms with Crippen molar-refractivity contribution in [2.75, 3.05) is 6.61 Å². The van der Waals surface area contributed by atoms with Crippen LogP contribution in [0, 0.1) is 0 Å². The van der Waals surface area contributed by atoms with Crippen LogP contribution in [-0.2, 0) is 0 Å². The number of amides is 1. The number of phenols is 2. The van der Waals surface area contributed by atoms with Gasteiger partial charge in [-0.25, -0.2) is 5.43 Å². The predicted molar refractivity (Wildman–Crippen MR) is 82.4 cm³/mol. The van der Waals surface area contributed by atoms with Gasteiger partial charge in [0.15, 0.2) is 0 Å². The van der Waals surface area contributed by atoms with Crippen LogP contribution in [0.25, 0.3) is 0 Å². The number of aromatic hydroxyl groups is 2. The molecule has 0 fully saturated rings. The molecule has 0 spiro atoms. The second kappa shape index (κ2) is 7.12. The highest BCUT2D eigenvalue weighted by Gasteiger charge is 2.10. The van der Waals surface area contributed by atoms with Crippen molar-refractivity contribution >= 4 is 12.1 Å². The first kappa shape index (κ1) is 15.4. The molecule has 0 saturated carbocycles. The summed E-state index contributed by atoms with van der Waals surface area (Å²) in [6.45, 7) is 2.50. The summed E-state index contributed by atoms with van der Waals surface area (Å²) in [6.07, 6.45) is 1.48. The maximum Gasteiger partial charge on any atom is 0.275 e. The Labute approximate surface area is 127 Å². The van der Waals surface area contributed by atoms with E-state index in [4.69, 9.17) is 4.74 Å². The number of benzene rings is 2. The van der Waals surface area contributed by atoms with Crippen molar-refractivity contribution in [3.63, 3.8) is 0 Å². The summed E-state index contributed by atoms with van der Waals surface area (Å²) in [5.74, 6) is -0.238. The third-order valence-electron chi connectivity index (χ3n) is 2.80. The Kier molecular flexibility index (Phi) is 4.98. The average molecular weight is 300 g/mol. The maximum absolute atomic E-state index is 11.8. The van der Waals surface area contributed by atoms with Crippen molar-refractivity contribution < 1.29 is 19.7 Å². The van der Waals surface area contributed by atoms with Gasteiger partial charge in [0.25, 0.3) is 5.91 Å². The van der Waals surface area contributed by atoms with Crippen LogP contribution in [0.15, 0.2) is 47.6 Å². The topological polar surface area (TPSA) is 91.2 Å². The number of nitrogens with one attached hydrogen (secondary N) is 1. The lowest BCUT2D eigenvalue weighted by Crippen LogP contribution is -2.17. The molecule has 0 aliphatic heterocycles.